The quantitative estimate of drug-likeness (QED) is 0.613. The first-order chi connectivity index (χ1) is 6.86. The summed E-state index contributed by atoms with van der Waals surface area (Å²) in [5, 5.41) is 7.98. The summed E-state index contributed by atoms with van der Waals surface area (Å²) in [6.45, 7) is 0.256. The van der Waals surface area contributed by atoms with Crippen molar-refractivity contribution in [3.63, 3.8) is 0 Å². The van der Waals surface area contributed by atoms with Gasteiger partial charge >= 0.3 is 0 Å². The van der Waals surface area contributed by atoms with Gasteiger partial charge in [-0.2, -0.15) is 10.1 Å². The lowest BCUT2D eigenvalue weighted by Gasteiger charge is -1.99. The monoisotopic (exact) mass is 187 g/mol. The van der Waals surface area contributed by atoms with Gasteiger partial charge in [0.1, 0.15) is 6.67 Å². The number of aromatic nitrogens is 3. The van der Waals surface area contributed by atoms with Crippen LogP contribution in [0.15, 0.2) is 33.4 Å². The highest BCUT2D eigenvalue weighted by atomic mass is 16.1. The lowest BCUT2D eigenvalue weighted by atomic mass is 10.3. The highest BCUT2D eigenvalue weighted by Crippen LogP contribution is 2.16. The molecule has 0 unspecified atom stereocenters. The molecule has 14 heavy (non-hydrogen) atoms. The van der Waals surface area contributed by atoms with Gasteiger partial charge in [-0.3, -0.25) is 9.36 Å². The third kappa shape index (κ3) is 0.819. The highest BCUT2D eigenvalue weighted by Gasteiger charge is 2.13. The van der Waals surface area contributed by atoms with Gasteiger partial charge < -0.3 is 0 Å². The normalized spacial score (nSPS) is 13.4. The van der Waals surface area contributed by atoms with Crippen LogP contribution in [0.2, 0.25) is 0 Å². The van der Waals surface area contributed by atoms with Crippen molar-refractivity contribution in [3.8, 4) is 0 Å². The van der Waals surface area contributed by atoms with Crippen molar-refractivity contribution in [1.29, 1.82) is 0 Å². The summed E-state index contributed by atoms with van der Waals surface area (Å²) >= 11 is 0. The van der Waals surface area contributed by atoms with Crippen molar-refractivity contribution in [3.05, 3.63) is 28.7 Å². The van der Waals surface area contributed by atoms with E-state index in [1.54, 1.807) is 18.3 Å². The maximum absolute atomic E-state index is 11.8. The first-order valence-electron chi connectivity index (χ1n) is 4.09. The zero-order chi connectivity index (χ0) is 9.54. The average molecular weight is 187 g/mol. The fourth-order valence-corrected chi connectivity index (χ4v) is 1.41. The third-order valence-corrected chi connectivity index (χ3v) is 2.07. The van der Waals surface area contributed by atoms with E-state index in [2.05, 4.69) is 20.2 Å². The Labute approximate surface area is 77.9 Å². The maximum Gasteiger partial charge on any atom is 0.266 e. The minimum absolute atomic E-state index is 0.136. The summed E-state index contributed by atoms with van der Waals surface area (Å²) < 4.78 is 1.42. The first kappa shape index (κ1) is 7.31. The summed E-state index contributed by atoms with van der Waals surface area (Å²) in [6.07, 6.45) is 1.60. The summed E-state index contributed by atoms with van der Waals surface area (Å²) in [4.78, 5) is 19.9. The second-order valence-electron chi connectivity index (χ2n) is 2.90. The van der Waals surface area contributed by atoms with E-state index < -0.39 is 0 Å². The Bertz CT molecular complexity index is 600. The van der Waals surface area contributed by atoms with Crippen molar-refractivity contribution >= 4 is 17.0 Å². The van der Waals surface area contributed by atoms with Crippen molar-refractivity contribution in [2.45, 2.75) is 6.67 Å². The molecule has 6 heteroatoms. The minimum atomic E-state index is -0.136. The average Bonchev–Trinajstić information content (AvgIpc) is 2.66. The van der Waals surface area contributed by atoms with Crippen LogP contribution < -0.4 is 5.56 Å². The van der Waals surface area contributed by atoms with E-state index in [-0.39, 0.29) is 12.2 Å². The molecule has 3 rings (SSSR count). The van der Waals surface area contributed by atoms with Gasteiger partial charge in [-0.15, -0.1) is 5.11 Å². The predicted molar refractivity (Wildman–Crippen MR) is 48.3 cm³/mol. The van der Waals surface area contributed by atoms with Crippen LogP contribution in [0.25, 0.3) is 11.0 Å². The van der Waals surface area contributed by atoms with Crippen molar-refractivity contribution in [2.24, 2.45) is 10.2 Å². The molecule has 0 aliphatic carbocycles. The Hall–Kier alpha value is -2.11. The third-order valence-electron chi connectivity index (χ3n) is 2.07. The summed E-state index contributed by atoms with van der Waals surface area (Å²) in [7, 11) is 0. The molecular weight excluding hydrogens is 182 g/mol. The van der Waals surface area contributed by atoms with E-state index in [4.69, 9.17) is 0 Å². The molecule has 1 aliphatic heterocycles. The first-order valence-corrected chi connectivity index (χ1v) is 4.09. The van der Waals surface area contributed by atoms with Gasteiger partial charge in [-0.25, -0.2) is 4.98 Å². The lowest BCUT2D eigenvalue weighted by molar-refractivity contribution is 0.743. The van der Waals surface area contributed by atoms with Gasteiger partial charge in [0.05, 0.1) is 5.39 Å². The lowest BCUT2D eigenvalue weighted by Crippen LogP contribution is -2.18. The van der Waals surface area contributed by atoms with Crippen LogP contribution in [0, 0.1) is 0 Å². The second kappa shape index (κ2) is 2.44. The molecule has 0 fully saturated rings. The van der Waals surface area contributed by atoms with Crippen LogP contribution in [0.1, 0.15) is 0 Å². The molecule has 0 saturated heterocycles. The summed E-state index contributed by atoms with van der Waals surface area (Å²) in [5.74, 6) is 0.334. The largest absolute Gasteiger partial charge is 0.268 e. The molecule has 0 spiro atoms. The minimum Gasteiger partial charge on any atom is -0.268 e. The number of hydrogen-bond donors (Lipinski definition) is 0. The number of nitrogens with zero attached hydrogens (tertiary/aromatic N) is 5. The Morgan fingerprint density at radius 2 is 2.36 bits per heavy atom. The predicted octanol–water partition coefficient (Wildman–Crippen LogP) is 0.846. The highest BCUT2D eigenvalue weighted by molar-refractivity contribution is 5.74. The summed E-state index contributed by atoms with van der Waals surface area (Å²) in [5.41, 5.74) is 0.285. The standard InChI is InChI=1S/C8H5N5O/c14-7-5-2-1-3-9-6(5)11-8-12-10-4-13(7)8/h1-3H,4H2. The van der Waals surface area contributed by atoms with E-state index in [9.17, 15) is 4.79 Å². The van der Waals surface area contributed by atoms with Gasteiger partial charge in [0.2, 0.25) is 0 Å². The topological polar surface area (TPSA) is 72.5 Å². The van der Waals surface area contributed by atoms with E-state index in [1.165, 1.54) is 4.57 Å². The Balaban J connectivity index is 2.54. The fraction of sp³-hybridized carbons (Fsp3) is 0.125. The molecule has 6 nitrogen and oxygen atoms in total. The maximum atomic E-state index is 11.8. The molecule has 0 atom stereocenters. The van der Waals surface area contributed by atoms with Crippen LogP contribution in [0.3, 0.4) is 0 Å². The SMILES string of the molecule is O=c1c2cccnc2nc2n1CN=N2. The molecule has 2 aromatic rings. The Kier molecular flexibility index (Phi) is 1.27. The van der Waals surface area contributed by atoms with Crippen molar-refractivity contribution in [2.75, 3.05) is 0 Å². The zero-order valence-corrected chi connectivity index (χ0v) is 7.08. The number of fused-ring (bicyclic) bond motifs is 2. The molecular formula is C8H5N5O. The molecule has 0 radical (unpaired) electrons. The number of azo groups is 1. The van der Waals surface area contributed by atoms with Crippen LogP contribution in [0.4, 0.5) is 5.95 Å². The van der Waals surface area contributed by atoms with E-state index >= 15 is 0 Å². The van der Waals surface area contributed by atoms with Crippen LogP contribution >= 0.6 is 0 Å². The van der Waals surface area contributed by atoms with Crippen molar-refractivity contribution < 1.29 is 0 Å². The summed E-state index contributed by atoms with van der Waals surface area (Å²) in [6, 6.07) is 3.41. The molecule has 0 amide bonds. The fourth-order valence-electron chi connectivity index (χ4n) is 1.41. The smallest absolute Gasteiger partial charge is 0.266 e. The molecule has 1 aliphatic rings. The molecule has 0 saturated carbocycles. The Morgan fingerprint density at radius 3 is 3.29 bits per heavy atom. The molecule has 2 aromatic heterocycles. The molecule has 0 bridgehead atoms. The van der Waals surface area contributed by atoms with Gasteiger partial charge in [-0.1, -0.05) is 0 Å². The van der Waals surface area contributed by atoms with Gasteiger partial charge in [0.25, 0.3) is 11.5 Å². The molecule has 3 heterocycles. The van der Waals surface area contributed by atoms with Crippen LogP contribution in [-0.4, -0.2) is 14.5 Å². The van der Waals surface area contributed by atoms with Crippen LogP contribution in [-0.2, 0) is 6.67 Å². The van der Waals surface area contributed by atoms with E-state index in [0.717, 1.165) is 0 Å². The molecule has 0 aromatic carbocycles. The van der Waals surface area contributed by atoms with E-state index in [0.29, 0.717) is 17.0 Å². The van der Waals surface area contributed by atoms with Gasteiger partial charge in [-0.05, 0) is 12.1 Å². The zero-order valence-electron chi connectivity index (χ0n) is 7.08. The van der Waals surface area contributed by atoms with Crippen LogP contribution in [0.5, 0.6) is 0 Å². The molecule has 0 N–H and O–H groups in total. The number of hydrogen-bond acceptors (Lipinski definition) is 5. The van der Waals surface area contributed by atoms with Crippen molar-refractivity contribution in [1.82, 2.24) is 14.5 Å². The van der Waals surface area contributed by atoms with Gasteiger partial charge in [0.15, 0.2) is 5.65 Å². The number of rotatable bonds is 0. The second-order valence-corrected chi connectivity index (χ2v) is 2.90. The number of pyridine rings is 1. The Morgan fingerprint density at radius 1 is 1.43 bits per heavy atom. The van der Waals surface area contributed by atoms with Gasteiger partial charge in [0, 0.05) is 6.20 Å². The molecule has 68 valence electrons. The van der Waals surface area contributed by atoms with E-state index in [1.807, 2.05) is 0 Å².